The van der Waals surface area contributed by atoms with Gasteiger partial charge in [0.05, 0.1) is 18.7 Å². The van der Waals surface area contributed by atoms with Gasteiger partial charge in [0.25, 0.3) is 5.91 Å². The Morgan fingerprint density at radius 2 is 1.81 bits per heavy atom. The Morgan fingerprint density at radius 1 is 1.04 bits per heavy atom. The smallest absolute Gasteiger partial charge is 0.269 e. The molecule has 0 aliphatic heterocycles. The molecule has 8 heteroatoms. The van der Waals surface area contributed by atoms with Crippen LogP contribution in [0.3, 0.4) is 0 Å². The van der Waals surface area contributed by atoms with Gasteiger partial charge in [-0.3, -0.25) is 20.4 Å². The average Bonchev–Trinajstić information content (AvgIpc) is 2.65. The maximum atomic E-state index is 12.1. The topological polar surface area (TPSA) is 76.7 Å². The first-order valence-electron chi connectivity index (χ1n) is 8.22. The number of carbonyl (C=O) groups is 2. The second-order valence-electron chi connectivity index (χ2n) is 5.71. The highest BCUT2D eigenvalue weighted by Crippen LogP contribution is 2.27. The standard InChI is InChI=1S/C19H20Cl2N2O4/c1-12-5-6-13(10-17(12)26-2)19(25)23-22-18(24)4-3-9-27-16-8-7-14(20)11-15(16)21/h5-8,10-11H,3-4,9H2,1-2H3,(H,22,24)(H,23,25). The van der Waals surface area contributed by atoms with Crippen LogP contribution in [0.5, 0.6) is 11.5 Å². The van der Waals surface area contributed by atoms with Gasteiger partial charge < -0.3 is 9.47 Å². The van der Waals surface area contributed by atoms with Crippen LogP contribution in [0.4, 0.5) is 0 Å². The Kier molecular flexibility index (Phi) is 7.76. The number of rotatable bonds is 7. The number of aryl methyl sites for hydroxylation is 1. The Labute approximate surface area is 167 Å². The lowest BCUT2D eigenvalue weighted by atomic mass is 10.1. The SMILES string of the molecule is COc1cc(C(=O)NNC(=O)CCCOc2ccc(Cl)cc2Cl)ccc1C. The molecule has 0 fully saturated rings. The van der Waals surface area contributed by atoms with E-state index in [2.05, 4.69) is 10.9 Å². The summed E-state index contributed by atoms with van der Waals surface area (Å²) in [6.07, 6.45) is 0.641. The fraction of sp³-hybridized carbons (Fsp3) is 0.263. The van der Waals surface area contributed by atoms with Crippen molar-refractivity contribution >= 4 is 35.0 Å². The molecule has 0 heterocycles. The van der Waals surface area contributed by atoms with E-state index < -0.39 is 5.91 Å². The molecule has 2 N–H and O–H groups in total. The minimum Gasteiger partial charge on any atom is -0.496 e. The third-order valence-corrected chi connectivity index (χ3v) is 4.22. The van der Waals surface area contributed by atoms with Crippen LogP contribution in [0.25, 0.3) is 0 Å². The summed E-state index contributed by atoms with van der Waals surface area (Å²) < 4.78 is 10.7. The molecule has 0 aliphatic rings. The van der Waals surface area contributed by atoms with Gasteiger partial charge in [-0.25, -0.2) is 0 Å². The fourth-order valence-electron chi connectivity index (χ4n) is 2.23. The molecule has 0 radical (unpaired) electrons. The molecule has 0 saturated carbocycles. The molecule has 2 rings (SSSR count). The summed E-state index contributed by atoms with van der Waals surface area (Å²) in [4.78, 5) is 23.9. The van der Waals surface area contributed by atoms with Crippen LogP contribution < -0.4 is 20.3 Å². The van der Waals surface area contributed by atoms with E-state index in [0.717, 1.165) is 5.56 Å². The van der Waals surface area contributed by atoms with Crippen LogP contribution in [-0.2, 0) is 4.79 Å². The third-order valence-electron chi connectivity index (χ3n) is 3.69. The second kappa shape index (κ2) is 10.0. The van der Waals surface area contributed by atoms with Crippen molar-refractivity contribution in [3.05, 3.63) is 57.6 Å². The van der Waals surface area contributed by atoms with Crippen molar-refractivity contribution in [1.82, 2.24) is 10.9 Å². The van der Waals surface area contributed by atoms with E-state index in [-0.39, 0.29) is 12.3 Å². The Hall–Kier alpha value is -2.44. The van der Waals surface area contributed by atoms with Crippen LogP contribution >= 0.6 is 23.2 Å². The van der Waals surface area contributed by atoms with Crippen LogP contribution in [0.15, 0.2) is 36.4 Å². The monoisotopic (exact) mass is 410 g/mol. The molecule has 0 bridgehead atoms. The first kappa shape index (κ1) is 20.9. The van der Waals surface area contributed by atoms with E-state index in [1.807, 2.05) is 6.92 Å². The molecule has 0 atom stereocenters. The lowest BCUT2D eigenvalue weighted by molar-refractivity contribution is -0.122. The van der Waals surface area contributed by atoms with Gasteiger partial charge in [-0.1, -0.05) is 29.3 Å². The number of methoxy groups -OCH3 is 1. The molecule has 0 spiro atoms. The van der Waals surface area contributed by atoms with E-state index in [4.69, 9.17) is 32.7 Å². The molecule has 27 heavy (non-hydrogen) atoms. The quantitative estimate of drug-likeness (QED) is 0.535. The predicted molar refractivity (Wildman–Crippen MR) is 105 cm³/mol. The molecular weight excluding hydrogens is 391 g/mol. The zero-order chi connectivity index (χ0) is 19.8. The summed E-state index contributed by atoms with van der Waals surface area (Å²) in [5.41, 5.74) is 6.05. The average molecular weight is 411 g/mol. The third kappa shape index (κ3) is 6.34. The summed E-state index contributed by atoms with van der Waals surface area (Å²) in [5.74, 6) is 0.356. The van der Waals surface area contributed by atoms with Gasteiger partial charge >= 0.3 is 0 Å². The Balaban J connectivity index is 1.72. The van der Waals surface area contributed by atoms with E-state index >= 15 is 0 Å². The van der Waals surface area contributed by atoms with Crippen molar-refractivity contribution in [1.29, 1.82) is 0 Å². The lowest BCUT2D eigenvalue weighted by Crippen LogP contribution is -2.41. The minimum absolute atomic E-state index is 0.183. The number of amides is 2. The maximum Gasteiger partial charge on any atom is 0.269 e. The van der Waals surface area contributed by atoms with Crippen LogP contribution in [0.2, 0.25) is 10.0 Å². The van der Waals surface area contributed by atoms with Gasteiger partial charge in [0, 0.05) is 17.0 Å². The molecule has 2 aromatic rings. The number of benzene rings is 2. The van der Waals surface area contributed by atoms with Crippen LogP contribution in [-0.4, -0.2) is 25.5 Å². The number of hydrazine groups is 1. The summed E-state index contributed by atoms with van der Waals surface area (Å²) >= 11 is 11.8. The summed E-state index contributed by atoms with van der Waals surface area (Å²) in [5, 5.41) is 0.932. The largest absolute Gasteiger partial charge is 0.496 e. The fourth-order valence-corrected chi connectivity index (χ4v) is 2.69. The molecule has 0 unspecified atom stereocenters. The zero-order valence-corrected chi connectivity index (χ0v) is 16.5. The van der Waals surface area contributed by atoms with Crippen LogP contribution in [0.1, 0.15) is 28.8 Å². The van der Waals surface area contributed by atoms with Gasteiger partial charge in [0.15, 0.2) is 0 Å². The van der Waals surface area contributed by atoms with Crippen molar-refractivity contribution in [3.63, 3.8) is 0 Å². The van der Waals surface area contributed by atoms with Crippen molar-refractivity contribution in [2.75, 3.05) is 13.7 Å². The number of hydrogen-bond acceptors (Lipinski definition) is 4. The summed E-state index contributed by atoms with van der Waals surface area (Å²) in [6.45, 7) is 2.18. The van der Waals surface area contributed by atoms with Crippen molar-refractivity contribution in [2.24, 2.45) is 0 Å². The normalized spacial score (nSPS) is 10.2. The molecule has 0 saturated heterocycles. The minimum atomic E-state index is -0.425. The van der Waals surface area contributed by atoms with Crippen LogP contribution in [0, 0.1) is 6.92 Å². The van der Waals surface area contributed by atoms with Gasteiger partial charge in [-0.15, -0.1) is 0 Å². The van der Waals surface area contributed by atoms with Crippen molar-refractivity contribution in [3.8, 4) is 11.5 Å². The first-order valence-corrected chi connectivity index (χ1v) is 8.98. The lowest BCUT2D eigenvalue weighted by Gasteiger charge is -2.10. The molecule has 6 nitrogen and oxygen atoms in total. The first-order chi connectivity index (χ1) is 12.9. The van der Waals surface area contributed by atoms with Gasteiger partial charge in [0.2, 0.25) is 5.91 Å². The van der Waals surface area contributed by atoms with E-state index in [1.165, 1.54) is 7.11 Å². The highest BCUT2D eigenvalue weighted by molar-refractivity contribution is 6.35. The van der Waals surface area contributed by atoms with Crippen molar-refractivity contribution in [2.45, 2.75) is 19.8 Å². The highest BCUT2D eigenvalue weighted by atomic mass is 35.5. The molecule has 2 amide bonds. The number of carbonyl (C=O) groups excluding carboxylic acids is 2. The number of nitrogens with one attached hydrogen (secondary N) is 2. The van der Waals surface area contributed by atoms with E-state index in [1.54, 1.807) is 36.4 Å². The van der Waals surface area contributed by atoms with Gasteiger partial charge in [-0.05, 0) is 49.2 Å². The van der Waals surface area contributed by atoms with Crippen molar-refractivity contribution < 1.29 is 19.1 Å². The highest BCUT2D eigenvalue weighted by Gasteiger charge is 2.10. The molecule has 144 valence electrons. The second-order valence-corrected chi connectivity index (χ2v) is 6.56. The summed E-state index contributed by atoms with van der Waals surface area (Å²) in [6, 6.07) is 9.96. The molecule has 0 aromatic heterocycles. The molecule has 0 aliphatic carbocycles. The number of ether oxygens (including phenoxy) is 2. The van der Waals surface area contributed by atoms with E-state index in [9.17, 15) is 9.59 Å². The molecule has 2 aromatic carbocycles. The number of halogens is 2. The summed E-state index contributed by atoms with van der Waals surface area (Å²) in [7, 11) is 1.53. The Bertz CT molecular complexity index is 827. The van der Waals surface area contributed by atoms with Gasteiger partial charge in [-0.2, -0.15) is 0 Å². The molecular formula is C19H20Cl2N2O4. The Morgan fingerprint density at radius 3 is 2.52 bits per heavy atom. The zero-order valence-electron chi connectivity index (χ0n) is 15.0. The van der Waals surface area contributed by atoms with Gasteiger partial charge in [0.1, 0.15) is 11.5 Å². The predicted octanol–water partition coefficient (Wildman–Crippen LogP) is 3.93. The van der Waals surface area contributed by atoms with E-state index in [0.29, 0.717) is 40.1 Å². The maximum absolute atomic E-state index is 12.1. The number of hydrogen-bond donors (Lipinski definition) is 2.